The first-order chi connectivity index (χ1) is 18.3. The lowest BCUT2D eigenvalue weighted by Crippen LogP contribution is -2.53. The molecule has 214 valence electrons. The average Bonchev–Trinajstić information content (AvgIpc) is 3.24. The Bertz CT molecular complexity index is 1160. The van der Waals surface area contributed by atoms with Gasteiger partial charge in [0.2, 0.25) is 0 Å². The van der Waals surface area contributed by atoms with E-state index in [1.807, 2.05) is 37.4 Å². The van der Waals surface area contributed by atoms with E-state index in [4.69, 9.17) is 19.4 Å². The Morgan fingerprint density at radius 1 is 1.08 bits per heavy atom. The Labute approximate surface area is 226 Å². The number of carboxylic acids is 1. The fraction of sp³-hybridized carbons (Fsp3) is 0.500. The molecular formula is C28H36F3N3O5. The predicted molar refractivity (Wildman–Crippen MR) is 142 cm³/mol. The van der Waals surface area contributed by atoms with Crippen LogP contribution < -0.4 is 19.7 Å². The molecule has 8 nitrogen and oxygen atoms in total. The lowest BCUT2D eigenvalue weighted by molar-refractivity contribution is -0.192. The van der Waals surface area contributed by atoms with Crippen molar-refractivity contribution in [3.8, 4) is 11.5 Å². The zero-order valence-corrected chi connectivity index (χ0v) is 22.8. The number of hydrogen-bond acceptors (Lipinski definition) is 5. The number of amides is 2. The lowest BCUT2D eigenvalue weighted by atomic mass is 9.65. The number of carbonyl (C=O) groups is 2. The maximum Gasteiger partial charge on any atom is 0.490 e. The Morgan fingerprint density at radius 2 is 1.69 bits per heavy atom. The molecule has 2 amide bonds. The second kappa shape index (κ2) is 12.1. The molecule has 0 aromatic heterocycles. The minimum absolute atomic E-state index is 0.0434. The molecule has 3 unspecified atom stereocenters. The number of nitrogens with zero attached hydrogens (tertiary/aromatic N) is 2. The molecule has 2 aromatic rings. The Kier molecular flexibility index (Phi) is 9.37. The fourth-order valence-corrected chi connectivity index (χ4v) is 5.55. The van der Waals surface area contributed by atoms with E-state index in [1.54, 1.807) is 19.1 Å². The molecule has 1 heterocycles. The molecule has 2 aliphatic rings. The summed E-state index contributed by atoms with van der Waals surface area (Å²) in [7, 11) is 7.40. The minimum atomic E-state index is -5.08. The first kappa shape index (κ1) is 30.1. The highest BCUT2D eigenvalue weighted by Crippen LogP contribution is 2.49. The van der Waals surface area contributed by atoms with E-state index in [1.165, 1.54) is 11.1 Å². The van der Waals surface area contributed by atoms with Gasteiger partial charge in [0.1, 0.15) is 0 Å². The van der Waals surface area contributed by atoms with E-state index in [0.29, 0.717) is 6.04 Å². The number of likely N-dealkylation sites (N-methyl/N-ethyl adjacent to an activating group) is 1. The van der Waals surface area contributed by atoms with Crippen molar-refractivity contribution in [3.63, 3.8) is 0 Å². The monoisotopic (exact) mass is 551 g/mol. The lowest BCUT2D eigenvalue weighted by Gasteiger charge is -2.45. The van der Waals surface area contributed by atoms with Crippen LogP contribution in [0.5, 0.6) is 11.5 Å². The molecule has 39 heavy (non-hydrogen) atoms. The van der Waals surface area contributed by atoms with E-state index in [0.717, 1.165) is 49.4 Å². The minimum Gasteiger partial charge on any atom is -0.493 e. The van der Waals surface area contributed by atoms with Crippen molar-refractivity contribution in [2.75, 3.05) is 39.8 Å². The normalized spacial score (nSPS) is 22.7. The Morgan fingerprint density at radius 3 is 2.26 bits per heavy atom. The second-order valence-corrected chi connectivity index (χ2v) is 10.1. The summed E-state index contributed by atoms with van der Waals surface area (Å²) in [4.78, 5) is 26.0. The number of aryl methyl sites for hydroxylation is 1. The molecule has 3 atom stereocenters. The molecule has 1 aliphatic heterocycles. The van der Waals surface area contributed by atoms with Gasteiger partial charge >= 0.3 is 18.2 Å². The number of aliphatic carboxylic acids is 1. The van der Waals surface area contributed by atoms with Crippen LogP contribution in [0.1, 0.15) is 36.8 Å². The van der Waals surface area contributed by atoms with Gasteiger partial charge in [-0.15, -0.1) is 0 Å². The largest absolute Gasteiger partial charge is 0.493 e. The summed E-state index contributed by atoms with van der Waals surface area (Å²) in [5.74, 6) is -1.22. The molecule has 0 spiro atoms. The van der Waals surface area contributed by atoms with Gasteiger partial charge in [-0.25, -0.2) is 9.59 Å². The number of ether oxygens (including phenoxy) is 2. The number of alkyl halides is 3. The molecule has 1 saturated carbocycles. The van der Waals surface area contributed by atoms with E-state index in [-0.39, 0.29) is 17.5 Å². The number of hydrogen-bond donors (Lipinski definition) is 2. The van der Waals surface area contributed by atoms with Crippen molar-refractivity contribution in [1.82, 2.24) is 10.2 Å². The SMILES string of the molecule is COc1ccc(C23CCC(NC(=O)N(C)c4ccc(C)cc4)CC2N(C)CC3)cc1OC.O=C(O)C(F)(F)F. The zero-order valence-electron chi connectivity index (χ0n) is 22.8. The van der Waals surface area contributed by atoms with Gasteiger partial charge in [-0.3, -0.25) is 4.90 Å². The number of nitrogens with one attached hydrogen (secondary N) is 1. The smallest absolute Gasteiger partial charge is 0.490 e. The number of rotatable bonds is 5. The number of carboxylic acid groups (broad SMARTS) is 1. The van der Waals surface area contributed by atoms with Gasteiger partial charge in [-0.1, -0.05) is 23.8 Å². The van der Waals surface area contributed by atoms with Crippen molar-refractivity contribution in [3.05, 3.63) is 53.6 Å². The highest BCUT2D eigenvalue weighted by Gasteiger charge is 2.50. The summed E-state index contributed by atoms with van der Waals surface area (Å²) >= 11 is 0. The van der Waals surface area contributed by atoms with Crippen molar-refractivity contribution in [1.29, 1.82) is 0 Å². The fourth-order valence-electron chi connectivity index (χ4n) is 5.55. The maximum absolute atomic E-state index is 12.9. The van der Waals surface area contributed by atoms with Gasteiger partial charge < -0.3 is 24.8 Å². The summed E-state index contributed by atoms with van der Waals surface area (Å²) in [6, 6.07) is 14.9. The number of carbonyl (C=O) groups excluding carboxylic acids is 1. The van der Waals surface area contributed by atoms with Crippen molar-refractivity contribution < 1.29 is 37.3 Å². The second-order valence-electron chi connectivity index (χ2n) is 10.1. The molecule has 2 fully saturated rings. The van der Waals surface area contributed by atoms with Crippen molar-refractivity contribution >= 4 is 17.7 Å². The summed E-state index contributed by atoms with van der Waals surface area (Å²) in [6.45, 7) is 3.11. The molecular weight excluding hydrogens is 515 g/mol. The molecule has 11 heteroatoms. The van der Waals surface area contributed by atoms with E-state index < -0.39 is 12.1 Å². The van der Waals surface area contributed by atoms with Crippen LogP contribution in [0.15, 0.2) is 42.5 Å². The predicted octanol–water partition coefficient (Wildman–Crippen LogP) is 4.99. The number of halogens is 3. The molecule has 2 aromatic carbocycles. The standard InChI is InChI=1S/C26H35N3O3.C2HF3O2/c1-18-6-9-21(10-7-18)29(3)25(30)27-20-12-13-26(14-15-28(2)24(26)17-20)19-8-11-22(31-4)23(16-19)32-5;3-2(4,5)1(6)7/h6-11,16,20,24H,12-15,17H2,1-5H3,(H,27,30);(H,6,7). The van der Waals surface area contributed by atoms with Crippen LogP contribution in [0.4, 0.5) is 23.7 Å². The maximum atomic E-state index is 12.9. The summed E-state index contributed by atoms with van der Waals surface area (Å²) in [5, 5.41) is 10.4. The van der Waals surface area contributed by atoms with Gasteiger partial charge in [0.05, 0.1) is 14.2 Å². The van der Waals surface area contributed by atoms with Crippen LogP contribution in [0.25, 0.3) is 0 Å². The number of anilines is 1. The summed E-state index contributed by atoms with van der Waals surface area (Å²) < 4.78 is 42.8. The van der Waals surface area contributed by atoms with Crippen molar-refractivity contribution in [2.45, 2.75) is 56.3 Å². The van der Waals surface area contributed by atoms with Gasteiger partial charge in [-0.05, 0) is 76.0 Å². The van der Waals surface area contributed by atoms with Crippen LogP contribution in [0.2, 0.25) is 0 Å². The molecule has 0 radical (unpaired) electrons. The van der Waals surface area contributed by atoms with Crippen LogP contribution in [-0.2, 0) is 10.2 Å². The van der Waals surface area contributed by atoms with Crippen LogP contribution >= 0.6 is 0 Å². The van der Waals surface area contributed by atoms with Crippen LogP contribution in [-0.4, -0.2) is 75.1 Å². The van der Waals surface area contributed by atoms with Crippen LogP contribution in [0, 0.1) is 6.92 Å². The van der Waals surface area contributed by atoms with Gasteiger partial charge in [0.25, 0.3) is 0 Å². The number of likely N-dealkylation sites (tertiary alicyclic amines) is 1. The van der Waals surface area contributed by atoms with Gasteiger partial charge in [-0.2, -0.15) is 13.2 Å². The third-order valence-electron chi connectivity index (χ3n) is 7.78. The molecule has 0 bridgehead atoms. The number of benzene rings is 2. The van der Waals surface area contributed by atoms with Gasteiger partial charge in [0, 0.05) is 30.2 Å². The summed E-state index contributed by atoms with van der Waals surface area (Å²) in [5.41, 5.74) is 3.48. The molecule has 4 rings (SSSR count). The first-order valence-corrected chi connectivity index (χ1v) is 12.7. The highest BCUT2D eigenvalue weighted by atomic mass is 19.4. The van der Waals surface area contributed by atoms with E-state index in [2.05, 4.69) is 36.3 Å². The molecule has 1 aliphatic carbocycles. The summed E-state index contributed by atoms with van der Waals surface area (Å²) in [6.07, 6.45) is -1.02. The Balaban J connectivity index is 0.000000532. The zero-order chi connectivity index (χ0) is 29.0. The van der Waals surface area contributed by atoms with E-state index >= 15 is 0 Å². The number of fused-ring (bicyclic) bond motifs is 1. The third-order valence-corrected chi connectivity index (χ3v) is 7.78. The van der Waals surface area contributed by atoms with E-state index in [9.17, 15) is 18.0 Å². The molecule has 1 saturated heterocycles. The average molecular weight is 552 g/mol. The number of methoxy groups -OCH3 is 2. The van der Waals surface area contributed by atoms with Gasteiger partial charge in [0.15, 0.2) is 11.5 Å². The van der Waals surface area contributed by atoms with Crippen molar-refractivity contribution in [2.24, 2.45) is 0 Å². The topological polar surface area (TPSA) is 91.3 Å². The first-order valence-electron chi connectivity index (χ1n) is 12.7. The quantitative estimate of drug-likeness (QED) is 0.545. The highest BCUT2D eigenvalue weighted by molar-refractivity contribution is 5.91. The Hall–Kier alpha value is -3.47. The third kappa shape index (κ3) is 6.76. The van der Waals surface area contributed by atoms with Crippen LogP contribution in [0.3, 0.4) is 0 Å². The number of urea groups is 1. The molecule has 2 N–H and O–H groups in total.